The van der Waals surface area contributed by atoms with Crippen LogP contribution in [0.3, 0.4) is 0 Å². The molecule has 0 radical (unpaired) electrons. The van der Waals surface area contributed by atoms with Gasteiger partial charge in [0.25, 0.3) is 5.72 Å². The van der Waals surface area contributed by atoms with E-state index in [9.17, 15) is 23.1 Å². The van der Waals surface area contributed by atoms with E-state index in [0.29, 0.717) is 11.3 Å². The Kier molecular flexibility index (Phi) is 4.06. The average Bonchev–Trinajstić information content (AvgIpc) is 2.76. The van der Waals surface area contributed by atoms with Crippen molar-refractivity contribution in [3.8, 4) is 5.75 Å². The molecule has 5 nitrogen and oxygen atoms in total. The Bertz CT molecular complexity index is 586. The van der Waals surface area contributed by atoms with Gasteiger partial charge >= 0.3 is 6.18 Å². The number of aliphatic hydroxyl groups is 1. The van der Waals surface area contributed by atoms with Crippen LogP contribution in [0.15, 0.2) is 36.5 Å². The van der Waals surface area contributed by atoms with E-state index in [1.165, 1.54) is 7.11 Å². The first-order valence-corrected chi connectivity index (χ1v) is 6.37. The number of benzene rings is 1. The summed E-state index contributed by atoms with van der Waals surface area (Å²) in [7, 11) is 1.48. The molecule has 1 aromatic rings. The Morgan fingerprint density at radius 3 is 2.55 bits per heavy atom. The van der Waals surface area contributed by atoms with Crippen LogP contribution in [0, 0.1) is 0 Å². The second-order valence-corrected chi connectivity index (χ2v) is 4.96. The third-order valence-corrected chi connectivity index (χ3v) is 3.32. The Labute approximate surface area is 125 Å². The summed E-state index contributed by atoms with van der Waals surface area (Å²) in [5.74, 6) is -0.348. The van der Waals surface area contributed by atoms with Crippen molar-refractivity contribution in [2.24, 2.45) is 0 Å². The fourth-order valence-corrected chi connectivity index (χ4v) is 2.16. The van der Waals surface area contributed by atoms with Crippen LogP contribution < -0.4 is 10.2 Å². The first-order valence-electron chi connectivity index (χ1n) is 6.37. The van der Waals surface area contributed by atoms with Crippen molar-refractivity contribution in [2.45, 2.75) is 24.7 Å². The lowest BCUT2D eigenvalue weighted by Crippen LogP contribution is -2.60. The van der Waals surface area contributed by atoms with Gasteiger partial charge < -0.3 is 9.84 Å². The number of hydrogen-bond acceptors (Lipinski definition) is 4. The summed E-state index contributed by atoms with van der Waals surface area (Å²) < 4.78 is 44.0. The van der Waals surface area contributed by atoms with Gasteiger partial charge in [-0.05, 0) is 17.7 Å². The maximum atomic E-state index is 13.0. The molecule has 1 heterocycles. The predicted octanol–water partition coefficient (Wildman–Crippen LogP) is 1.74. The summed E-state index contributed by atoms with van der Waals surface area (Å²) in [4.78, 5) is 12.1. The lowest BCUT2D eigenvalue weighted by Gasteiger charge is -2.33. The molecule has 2 rings (SSSR count). The molecule has 0 aliphatic carbocycles. The monoisotopic (exact) mass is 316 g/mol. The van der Waals surface area contributed by atoms with Gasteiger partial charge in [-0.2, -0.15) is 13.2 Å². The first-order chi connectivity index (χ1) is 10.2. The van der Waals surface area contributed by atoms with Gasteiger partial charge in [0.2, 0.25) is 5.91 Å². The molecule has 0 spiro atoms. The minimum absolute atomic E-state index is 0.0806. The number of carbonyl (C=O) groups is 1. The van der Waals surface area contributed by atoms with E-state index >= 15 is 0 Å². The SMILES string of the molecule is C=C1CC(O)(C(F)(F)F)N(C(=O)Cc2ccc(OC)cc2)N1. The number of halogens is 3. The van der Waals surface area contributed by atoms with Gasteiger partial charge in [0.05, 0.1) is 13.5 Å². The Morgan fingerprint density at radius 1 is 1.45 bits per heavy atom. The highest BCUT2D eigenvalue weighted by atomic mass is 19.4. The Hall–Kier alpha value is -2.22. The van der Waals surface area contributed by atoms with Crippen LogP contribution >= 0.6 is 0 Å². The standard InChI is InChI=1S/C14H15F3N2O3/c1-9-8-13(21,14(15,16)17)19(18-9)12(20)7-10-3-5-11(22-2)6-4-10/h3-6,18,21H,1,7-8H2,2H3. The molecule has 1 aromatic carbocycles. The van der Waals surface area contributed by atoms with Gasteiger partial charge in [-0.1, -0.05) is 18.7 Å². The normalized spacial score (nSPS) is 21.7. The van der Waals surface area contributed by atoms with Crippen LogP contribution in [0.5, 0.6) is 5.75 Å². The zero-order valence-corrected chi connectivity index (χ0v) is 11.8. The zero-order valence-electron chi connectivity index (χ0n) is 11.8. The van der Waals surface area contributed by atoms with Crippen molar-refractivity contribution in [1.82, 2.24) is 10.4 Å². The summed E-state index contributed by atoms with van der Waals surface area (Å²) in [6.07, 6.45) is -6.09. The zero-order chi connectivity index (χ0) is 16.5. The number of carbonyl (C=O) groups excluding carboxylic acids is 1. The molecule has 1 saturated heterocycles. The molecule has 0 bridgehead atoms. The Morgan fingerprint density at radius 2 is 2.05 bits per heavy atom. The maximum Gasteiger partial charge on any atom is 0.438 e. The number of nitrogens with one attached hydrogen (secondary N) is 1. The minimum Gasteiger partial charge on any atom is -0.497 e. The molecule has 2 N–H and O–H groups in total. The van der Waals surface area contributed by atoms with Gasteiger partial charge in [0.1, 0.15) is 5.75 Å². The van der Waals surface area contributed by atoms with E-state index in [1.54, 1.807) is 24.3 Å². The highest BCUT2D eigenvalue weighted by molar-refractivity contribution is 5.79. The molecule has 120 valence electrons. The molecule has 1 amide bonds. The van der Waals surface area contributed by atoms with E-state index in [1.807, 2.05) is 0 Å². The number of hydrazine groups is 1. The van der Waals surface area contributed by atoms with Crippen LogP contribution in [0.4, 0.5) is 13.2 Å². The first kappa shape index (κ1) is 16.2. The number of alkyl halides is 3. The van der Waals surface area contributed by atoms with Crippen LogP contribution in [-0.2, 0) is 11.2 Å². The molecule has 1 aliphatic rings. The van der Waals surface area contributed by atoms with Crippen LogP contribution in [0.2, 0.25) is 0 Å². The molecule has 22 heavy (non-hydrogen) atoms. The lowest BCUT2D eigenvalue weighted by molar-refractivity contribution is -0.304. The van der Waals surface area contributed by atoms with Crippen molar-refractivity contribution in [3.05, 3.63) is 42.1 Å². The van der Waals surface area contributed by atoms with E-state index in [4.69, 9.17) is 4.74 Å². The van der Waals surface area contributed by atoms with Gasteiger partial charge in [0.15, 0.2) is 0 Å². The van der Waals surface area contributed by atoms with Crippen molar-refractivity contribution >= 4 is 5.91 Å². The lowest BCUT2D eigenvalue weighted by atomic mass is 10.1. The third kappa shape index (κ3) is 2.87. The summed E-state index contributed by atoms with van der Waals surface area (Å²) in [6, 6.07) is 6.31. The van der Waals surface area contributed by atoms with Crippen LogP contribution in [0.1, 0.15) is 12.0 Å². The minimum atomic E-state index is -4.99. The molecule has 0 aromatic heterocycles. The average molecular weight is 316 g/mol. The number of methoxy groups -OCH3 is 1. The highest BCUT2D eigenvalue weighted by Crippen LogP contribution is 2.40. The smallest absolute Gasteiger partial charge is 0.438 e. The van der Waals surface area contributed by atoms with Crippen molar-refractivity contribution in [2.75, 3.05) is 7.11 Å². The molecule has 1 aliphatic heterocycles. The van der Waals surface area contributed by atoms with Crippen LogP contribution in [-0.4, -0.2) is 35.0 Å². The highest BCUT2D eigenvalue weighted by Gasteiger charge is 2.63. The summed E-state index contributed by atoms with van der Waals surface area (Å²) in [6.45, 7) is 3.34. The van der Waals surface area contributed by atoms with Gasteiger partial charge in [-0.25, -0.2) is 5.01 Å². The Balaban J connectivity index is 2.18. The molecule has 1 unspecified atom stereocenters. The number of ether oxygens (including phenoxy) is 1. The number of rotatable bonds is 3. The second-order valence-electron chi connectivity index (χ2n) is 4.96. The number of amides is 1. The fraction of sp³-hybridized carbons (Fsp3) is 0.357. The van der Waals surface area contributed by atoms with Crippen LogP contribution in [0.25, 0.3) is 0 Å². The third-order valence-electron chi connectivity index (χ3n) is 3.32. The molecular weight excluding hydrogens is 301 g/mol. The molecule has 0 saturated carbocycles. The van der Waals surface area contributed by atoms with E-state index < -0.39 is 24.2 Å². The molecule has 1 atom stereocenters. The van der Waals surface area contributed by atoms with Gasteiger partial charge in [0, 0.05) is 12.1 Å². The largest absolute Gasteiger partial charge is 0.497 e. The summed E-state index contributed by atoms with van der Waals surface area (Å²) in [5.41, 5.74) is -0.682. The van der Waals surface area contributed by atoms with Gasteiger partial charge in [-0.15, -0.1) is 0 Å². The van der Waals surface area contributed by atoms with E-state index in [0.717, 1.165) is 0 Å². The summed E-state index contributed by atoms with van der Waals surface area (Å²) >= 11 is 0. The molecular formula is C14H15F3N2O3. The topological polar surface area (TPSA) is 61.8 Å². The molecule has 1 fully saturated rings. The second kappa shape index (κ2) is 5.53. The van der Waals surface area contributed by atoms with E-state index in [2.05, 4.69) is 12.0 Å². The quantitative estimate of drug-likeness (QED) is 0.892. The van der Waals surface area contributed by atoms with Crippen molar-refractivity contribution in [1.29, 1.82) is 0 Å². The fourth-order valence-electron chi connectivity index (χ4n) is 2.16. The number of hydrogen-bond donors (Lipinski definition) is 2. The van der Waals surface area contributed by atoms with Crippen molar-refractivity contribution in [3.63, 3.8) is 0 Å². The van der Waals surface area contributed by atoms with Crippen molar-refractivity contribution < 1.29 is 27.8 Å². The maximum absolute atomic E-state index is 13.0. The van der Waals surface area contributed by atoms with E-state index in [-0.39, 0.29) is 17.1 Å². The summed E-state index contributed by atoms with van der Waals surface area (Å²) in [5, 5.41) is 10.0. The predicted molar refractivity (Wildman–Crippen MR) is 71.4 cm³/mol. The number of nitrogens with zero attached hydrogens (tertiary/aromatic N) is 1. The van der Waals surface area contributed by atoms with Gasteiger partial charge in [-0.3, -0.25) is 10.2 Å². The molecule has 8 heteroatoms.